The average Bonchev–Trinajstić information content (AvgIpc) is 2.67. The molecule has 7 heteroatoms. The standard InChI is InChI=1S/C21H23F2N3O2/c1-3-24-20(27)18-5-4-13(2)25-19(18)14-6-8-26(9-7-14)21(28)15-10-16(22)12-17(23)11-15/h4-5,10-12,14H,3,6-9H2,1-2H3,(H,24,27). The number of halogens is 2. The third kappa shape index (κ3) is 4.35. The summed E-state index contributed by atoms with van der Waals surface area (Å²) in [4.78, 5) is 31.1. The molecular formula is C21H23F2N3O2. The van der Waals surface area contributed by atoms with Crippen LogP contribution in [0.25, 0.3) is 0 Å². The molecule has 0 saturated carbocycles. The van der Waals surface area contributed by atoms with Crippen molar-refractivity contribution in [2.45, 2.75) is 32.6 Å². The predicted molar refractivity (Wildman–Crippen MR) is 101 cm³/mol. The highest BCUT2D eigenvalue weighted by Crippen LogP contribution is 2.30. The number of piperidine rings is 1. The third-order valence-electron chi connectivity index (χ3n) is 4.92. The van der Waals surface area contributed by atoms with Crippen molar-refractivity contribution in [3.63, 3.8) is 0 Å². The van der Waals surface area contributed by atoms with Gasteiger partial charge < -0.3 is 10.2 Å². The number of carbonyl (C=O) groups is 2. The molecule has 1 N–H and O–H groups in total. The van der Waals surface area contributed by atoms with Crippen LogP contribution in [0, 0.1) is 18.6 Å². The van der Waals surface area contributed by atoms with Crippen LogP contribution >= 0.6 is 0 Å². The summed E-state index contributed by atoms with van der Waals surface area (Å²) >= 11 is 0. The van der Waals surface area contributed by atoms with Crippen molar-refractivity contribution < 1.29 is 18.4 Å². The number of hydrogen-bond donors (Lipinski definition) is 1. The van der Waals surface area contributed by atoms with E-state index in [9.17, 15) is 18.4 Å². The van der Waals surface area contributed by atoms with Gasteiger partial charge in [-0.2, -0.15) is 0 Å². The quantitative estimate of drug-likeness (QED) is 0.874. The van der Waals surface area contributed by atoms with Gasteiger partial charge in [0.1, 0.15) is 11.6 Å². The van der Waals surface area contributed by atoms with E-state index in [2.05, 4.69) is 10.3 Å². The van der Waals surface area contributed by atoms with E-state index in [0.29, 0.717) is 38.0 Å². The van der Waals surface area contributed by atoms with Gasteiger partial charge in [0.25, 0.3) is 11.8 Å². The molecule has 1 aromatic carbocycles. The Morgan fingerprint density at radius 2 is 1.79 bits per heavy atom. The Kier molecular flexibility index (Phi) is 6.02. The maximum atomic E-state index is 13.4. The average molecular weight is 387 g/mol. The SMILES string of the molecule is CCNC(=O)c1ccc(C)nc1C1CCN(C(=O)c2cc(F)cc(F)c2)CC1. The molecule has 2 heterocycles. The van der Waals surface area contributed by atoms with Crippen LogP contribution in [-0.2, 0) is 0 Å². The summed E-state index contributed by atoms with van der Waals surface area (Å²) in [6.07, 6.45) is 1.26. The van der Waals surface area contributed by atoms with Crippen LogP contribution in [0.4, 0.5) is 8.78 Å². The zero-order valence-electron chi connectivity index (χ0n) is 16.0. The van der Waals surface area contributed by atoms with Crippen LogP contribution in [-0.4, -0.2) is 41.3 Å². The number of amides is 2. The first-order valence-corrected chi connectivity index (χ1v) is 9.40. The summed E-state index contributed by atoms with van der Waals surface area (Å²) in [6, 6.07) is 6.44. The number of nitrogens with one attached hydrogen (secondary N) is 1. The molecule has 0 bridgehead atoms. The van der Waals surface area contributed by atoms with E-state index >= 15 is 0 Å². The Morgan fingerprint density at radius 1 is 1.14 bits per heavy atom. The summed E-state index contributed by atoms with van der Waals surface area (Å²) < 4.78 is 26.8. The van der Waals surface area contributed by atoms with Gasteiger partial charge in [0.05, 0.1) is 11.3 Å². The number of nitrogens with zero attached hydrogens (tertiary/aromatic N) is 2. The maximum absolute atomic E-state index is 13.4. The Bertz CT molecular complexity index is 873. The first kappa shape index (κ1) is 19.9. The van der Waals surface area contributed by atoms with E-state index in [4.69, 9.17) is 0 Å². The number of carbonyl (C=O) groups excluding carboxylic acids is 2. The fourth-order valence-electron chi connectivity index (χ4n) is 3.55. The molecule has 1 aliphatic heterocycles. The minimum absolute atomic E-state index is 0.00708. The Balaban J connectivity index is 1.74. The van der Waals surface area contributed by atoms with E-state index in [0.717, 1.165) is 29.6 Å². The molecule has 2 amide bonds. The molecule has 0 atom stereocenters. The highest BCUT2D eigenvalue weighted by molar-refractivity contribution is 5.95. The van der Waals surface area contributed by atoms with Gasteiger partial charge in [0.15, 0.2) is 0 Å². The highest BCUT2D eigenvalue weighted by Gasteiger charge is 2.28. The molecule has 1 aromatic heterocycles. The van der Waals surface area contributed by atoms with E-state index in [1.54, 1.807) is 11.0 Å². The van der Waals surface area contributed by atoms with Gasteiger partial charge in [-0.15, -0.1) is 0 Å². The lowest BCUT2D eigenvalue weighted by molar-refractivity contribution is 0.0709. The van der Waals surface area contributed by atoms with Gasteiger partial charge in [-0.3, -0.25) is 14.6 Å². The second kappa shape index (κ2) is 8.46. The van der Waals surface area contributed by atoms with Gasteiger partial charge in [0.2, 0.25) is 0 Å². The lowest BCUT2D eigenvalue weighted by Gasteiger charge is -2.32. The van der Waals surface area contributed by atoms with Crippen molar-refractivity contribution in [2.75, 3.05) is 19.6 Å². The number of pyridine rings is 1. The van der Waals surface area contributed by atoms with Crippen LogP contribution in [0.2, 0.25) is 0 Å². The zero-order chi connectivity index (χ0) is 20.3. The number of aryl methyl sites for hydroxylation is 1. The first-order chi connectivity index (χ1) is 13.4. The largest absolute Gasteiger partial charge is 0.352 e. The van der Waals surface area contributed by atoms with Crippen molar-refractivity contribution in [1.29, 1.82) is 0 Å². The van der Waals surface area contributed by atoms with Crippen molar-refractivity contribution in [1.82, 2.24) is 15.2 Å². The smallest absolute Gasteiger partial charge is 0.254 e. The van der Waals surface area contributed by atoms with Crippen molar-refractivity contribution >= 4 is 11.8 Å². The predicted octanol–water partition coefficient (Wildman–Crippen LogP) is 3.44. The fraction of sp³-hybridized carbons (Fsp3) is 0.381. The lowest BCUT2D eigenvalue weighted by atomic mass is 9.89. The van der Waals surface area contributed by atoms with Gasteiger partial charge in [-0.1, -0.05) is 0 Å². The van der Waals surface area contributed by atoms with Gasteiger partial charge in [0, 0.05) is 42.9 Å². The molecule has 28 heavy (non-hydrogen) atoms. The van der Waals surface area contributed by atoms with Crippen LogP contribution in [0.5, 0.6) is 0 Å². The number of benzene rings is 1. The molecule has 5 nitrogen and oxygen atoms in total. The Labute approximate surface area is 162 Å². The monoisotopic (exact) mass is 387 g/mol. The van der Waals surface area contributed by atoms with E-state index in [-0.39, 0.29) is 17.4 Å². The molecule has 148 valence electrons. The number of likely N-dealkylation sites (tertiary alicyclic amines) is 1. The first-order valence-electron chi connectivity index (χ1n) is 9.40. The lowest BCUT2D eigenvalue weighted by Crippen LogP contribution is -2.38. The molecule has 1 aliphatic rings. The molecule has 2 aromatic rings. The van der Waals surface area contributed by atoms with E-state index < -0.39 is 17.5 Å². The van der Waals surface area contributed by atoms with Gasteiger partial charge in [-0.05, 0) is 51.0 Å². The molecule has 0 spiro atoms. The molecule has 0 unspecified atom stereocenters. The Hall–Kier alpha value is -2.83. The summed E-state index contributed by atoms with van der Waals surface area (Å²) in [5.41, 5.74) is 2.14. The molecule has 3 rings (SSSR count). The number of hydrogen-bond acceptors (Lipinski definition) is 3. The van der Waals surface area contributed by atoms with Crippen LogP contribution in [0.3, 0.4) is 0 Å². The van der Waals surface area contributed by atoms with Crippen molar-refractivity contribution in [3.05, 3.63) is 64.5 Å². The normalized spacial score (nSPS) is 14.8. The van der Waals surface area contributed by atoms with Crippen LogP contribution < -0.4 is 5.32 Å². The molecular weight excluding hydrogens is 364 g/mol. The third-order valence-corrected chi connectivity index (χ3v) is 4.92. The minimum atomic E-state index is -0.770. The van der Waals surface area contributed by atoms with Gasteiger partial charge >= 0.3 is 0 Å². The highest BCUT2D eigenvalue weighted by atomic mass is 19.1. The summed E-state index contributed by atoms with van der Waals surface area (Å²) in [5, 5.41) is 2.81. The zero-order valence-corrected chi connectivity index (χ0v) is 16.0. The van der Waals surface area contributed by atoms with Crippen LogP contribution in [0.1, 0.15) is 57.8 Å². The number of aromatic nitrogens is 1. The summed E-state index contributed by atoms with van der Waals surface area (Å²) in [6.45, 7) is 5.14. The topological polar surface area (TPSA) is 62.3 Å². The molecule has 1 saturated heterocycles. The summed E-state index contributed by atoms with van der Waals surface area (Å²) in [5.74, 6) is -2.04. The Morgan fingerprint density at radius 3 is 2.39 bits per heavy atom. The van der Waals surface area contributed by atoms with Crippen LogP contribution in [0.15, 0.2) is 30.3 Å². The molecule has 1 fully saturated rings. The number of rotatable bonds is 4. The summed E-state index contributed by atoms with van der Waals surface area (Å²) in [7, 11) is 0. The van der Waals surface area contributed by atoms with E-state index in [1.165, 1.54) is 0 Å². The van der Waals surface area contributed by atoms with Gasteiger partial charge in [-0.25, -0.2) is 8.78 Å². The molecule has 0 aliphatic carbocycles. The second-order valence-electron chi connectivity index (χ2n) is 6.97. The minimum Gasteiger partial charge on any atom is -0.352 e. The maximum Gasteiger partial charge on any atom is 0.254 e. The van der Waals surface area contributed by atoms with Crippen molar-refractivity contribution in [2.24, 2.45) is 0 Å². The van der Waals surface area contributed by atoms with E-state index in [1.807, 2.05) is 19.9 Å². The van der Waals surface area contributed by atoms with Crippen molar-refractivity contribution in [3.8, 4) is 0 Å². The second-order valence-corrected chi connectivity index (χ2v) is 6.97. The molecule has 0 radical (unpaired) electrons. The fourth-order valence-corrected chi connectivity index (χ4v) is 3.55.